The largest absolute Gasteiger partial charge is 0.347 e. The maximum absolute atomic E-state index is 12.1. The number of amides is 1. The number of thiophene rings is 1. The van der Waals surface area contributed by atoms with Crippen LogP contribution in [0.3, 0.4) is 0 Å². The average Bonchev–Trinajstić information content (AvgIpc) is 3.18. The molecule has 1 amide bonds. The average molecular weight is 339 g/mol. The Balaban J connectivity index is 1.67. The Hall–Kier alpha value is -2.40. The van der Waals surface area contributed by atoms with Gasteiger partial charge in [0.05, 0.1) is 10.6 Å². The van der Waals surface area contributed by atoms with Crippen LogP contribution in [0.25, 0.3) is 5.69 Å². The minimum Gasteiger partial charge on any atom is -0.347 e. The number of benzene rings is 1. The van der Waals surface area contributed by atoms with Crippen molar-refractivity contribution in [2.24, 2.45) is 0 Å². The van der Waals surface area contributed by atoms with Crippen molar-refractivity contribution >= 4 is 17.2 Å². The monoisotopic (exact) mass is 339 g/mol. The molecule has 0 saturated carbocycles. The Bertz CT molecular complexity index is 846. The van der Waals surface area contributed by atoms with Crippen molar-refractivity contribution in [2.75, 3.05) is 0 Å². The lowest BCUT2D eigenvalue weighted by Crippen LogP contribution is -2.21. The normalized spacial score (nSPS) is 10.8. The lowest BCUT2D eigenvalue weighted by Gasteiger charge is -2.08. The molecule has 0 spiro atoms. The van der Waals surface area contributed by atoms with Crippen molar-refractivity contribution in [1.82, 2.24) is 14.9 Å². The zero-order valence-electron chi connectivity index (χ0n) is 14.2. The van der Waals surface area contributed by atoms with Crippen LogP contribution in [-0.4, -0.2) is 15.5 Å². The van der Waals surface area contributed by atoms with E-state index in [9.17, 15) is 4.79 Å². The maximum atomic E-state index is 12.1. The third kappa shape index (κ3) is 3.57. The lowest BCUT2D eigenvalue weighted by atomic mass is 10.2. The Morgan fingerprint density at radius 3 is 2.54 bits per heavy atom. The molecular weight excluding hydrogens is 318 g/mol. The summed E-state index contributed by atoms with van der Waals surface area (Å²) in [5, 5.41) is 2.97. The topological polar surface area (TPSA) is 46.9 Å². The van der Waals surface area contributed by atoms with Crippen molar-refractivity contribution in [3.63, 3.8) is 0 Å². The highest BCUT2D eigenvalue weighted by atomic mass is 32.1. The van der Waals surface area contributed by atoms with Crippen LogP contribution in [0, 0.1) is 13.8 Å². The molecule has 24 heavy (non-hydrogen) atoms. The molecule has 124 valence electrons. The Morgan fingerprint density at radius 1 is 1.17 bits per heavy atom. The van der Waals surface area contributed by atoms with Gasteiger partial charge in [0.2, 0.25) is 0 Å². The zero-order chi connectivity index (χ0) is 17.1. The first kappa shape index (κ1) is 16.5. The quantitative estimate of drug-likeness (QED) is 0.762. The number of nitrogens with one attached hydrogen (secondary N) is 1. The van der Waals surface area contributed by atoms with Crippen LogP contribution in [0.2, 0.25) is 0 Å². The van der Waals surface area contributed by atoms with E-state index in [0.717, 1.165) is 38.9 Å². The number of carbonyl (C=O) groups is 1. The predicted molar refractivity (Wildman–Crippen MR) is 97.9 cm³/mol. The molecule has 0 aliphatic heterocycles. The maximum Gasteiger partial charge on any atom is 0.261 e. The van der Waals surface area contributed by atoms with E-state index in [1.165, 1.54) is 11.3 Å². The van der Waals surface area contributed by atoms with Crippen molar-refractivity contribution in [2.45, 2.75) is 33.7 Å². The van der Waals surface area contributed by atoms with Crippen molar-refractivity contribution < 1.29 is 4.79 Å². The molecule has 0 aliphatic rings. The van der Waals surface area contributed by atoms with E-state index in [0.29, 0.717) is 6.54 Å². The first-order valence-corrected chi connectivity index (χ1v) is 8.87. The van der Waals surface area contributed by atoms with E-state index in [1.807, 2.05) is 38.1 Å². The van der Waals surface area contributed by atoms with Crippen LogP contribution < -0.4 is 5.32 Å². The molecule has 5 heteroatoms. The highest BCUT2D eigenvalue weighted by molar-refractivity contribution is 7.13. The molecule has 2 aromatic heterocycles. The van der Waals surface area contributed by atoms with Crippen molar-refractivity contribution in [1.29, 1.82) is 0 Å². The molecule has 0 fully saturated rings. The van der Waals surface area contributed by atoms with Gasteiger partial charge in [-0.3, -0.25) is 4.79 Å². The van der Waals surface area contributed by atoms with Crippen LogP contribution >= 0.6 is 11.3 Å². The van der Waals surface area contributed by atoms with Crippen LogP contribution in [0.1, 0.15) is 38.6 Å². The van der Waals surface area contributed by atoms with Crippen LogP contribution in [0.15, 0.2) is 42.6 Å². The van der Waals surface area contributed by atoms with Gasteiger partial charge in [0.15, 0.2) is 0 Å². The number of imidazole rings is 1. The van der Waals surface area contributed by atoms with Crippen LogP contribution in [-0.2, 0) is 13.0 Å². The summed E-state index contributed by atoms with van der Waals surface area (Å²) in [5.74, 6) is 1.04. The van der Waals surface area contributed by atoms with Gasteiger partial charge in [0, 0.05) is 29.7 Å². The summed E-state index contributed by atoms with van der Waals surface area (Å²) in [6.45, 7) is 6.64. The Kier molecular flexibility index (Phi) is 4.81. The first-order valence-electron chi connectivity index (χ1n) is 8.05. The molecule has 0 unspecified atom stereocenters. The van der Waals surface area contributed by atoms with E-state index in [1.54, 1.807) is 0 Å². The lowest BCUT2D eigenvalue weighted by molar-refractivity contribution is 0.0955. The van der Waals surface area contributed by atoms with E-state index in [4.69, 9.17) is 0 Å². The van der Waals surface area contributed by atoms with E-state index < -0.39 is 0 Å². The van der Waals surface area contributed by atoms with Crippen LogP contribution in [0.5, 0.6) is 0 Å². The summed E-state index contributed by atoms with van der Waals surface area (Å²) < 4.78 is 2.12. The summed E-state index contributed by atoms with van der Waals surface area (Å²) in [7, 11) is 0. The van der Waals surface area contributed by atoms with Crippen molar-refractivity contribution in [3.8, 4) is 5.69 Å². The van der Waals surface area contributed by atoms with Gasteiger partial charge in [-0.15, -0.1) is 11.3 Å². The molecule has 0 atom stereocenters. The third-order valence-electron chi connectivity index (χ3n) is 3.85. The molecule has 2 heterocycles. The van der Waals surface area contributed by atoms with E-state index in [-0.39, 0.29) is 5.91 Å². The minimum atomic E-state index is -0.0179. The fraction of sp³-hybridized carbons (Fsp3) is 0.263. The Morgan fingerprint density at radius 2 is 1.92 bits per heavy atom. The fourth-order valence-electron chi connectivity index (χ4n) is 2.62. The molecular formula is C19H21N3OS. The van der Waals surface area contributed by atoms with Gasteiger partial charge in [-0.1, -0.05) is 19.1 Å². The zero-order valence-corrected chi connectivity index (χ0v) is 15.0. The second kappa shape index (κ2) is 7.01. The van der Waals surface area contributed by atoms with Crippen LogP contribution in [0.4, 0.5) is 0 Å². The van der Waals surface area contributed by atoms with E-state index >= 15 is 0 Å². The molecule has 0 radical (unpaired) electrons. The summed E-state index contributed by atoms with van der Waals surface area (Å²) in [6, 6.07) is 12.1. The standard InChI is InChI=1S/C19H21N3OS/c1-4-18-21-13(2)12-22(18)16-8-6-15(7-9-16)11-20-19(23)17-10-5-14(3)24-17/h5-10,12H,4,11H2,1-3H3,(H,20,23). The molecule has 3 aromatic rings. The van der Waals surface area contributed by atoms with Gasteiger partial charge >= 0.3 is 0 Å². The second-order valence-corrected chi connectivity index (χ2v) is 7.07. The number of hydrogen-bond donors (Lipinski definition) is 1. The molecule has 3 rings (SSSR count). The van der Waals surface area contributed by atoms with E-state index in [2.05, 4.69) is 40.1 Å². The molecule has 1 N–H and O–H groups in total. The van der Waals surface area contributed by atoms with Gasteiger partial charge in [-0.25, -0.2) is 4.98 Å². The Labute approximate surface area is 146 Å². The number of aromatic nitrogens is 2. The SMILES string of the molecule is CCc1nc(C)cn1-c1ccc(CNC(=O)c2ccc(C)s2)cc1. The van der Waals surface area contributed by atoms with Gasteiger partial charge in [0.25, 0.3) is 5.91 Å². The number of aryl methyl sites for hydroxylation is 3. The van der Waals surface area contributed by atoms with Gasteiger partial charge < -0.3 is 9.88 Å². The van der Waals surface area contributed by atoms with Crippen molar-refractivity contribution in [3.05, 3.63) is 69.4 Å². The predicted octanol–water partition coefficient (Wildman–Crippen LogP) is 4.04. The summed E-state index contributed by atoms with van der Waals surface area (Å²) in [5.41, 5.74) is 3.20. The highest BCUT2D eigenvalue weighted by Gasteiger charge is 2.08. The molecule has 0 bridgehead atoms. The third-order valence-corrected chi connectivity index (χ3v) is 4.85. The number of hydrogen-bond acceptors (Lipinski definition) is 3. The fourth-order valence-corrected chi connectivity index (χ4v) is 3.40. The minimum absolute atomic E-state index is 0.0179. The smallest absolute Gasteiger partial charge is 0.261 e. The molecule has 1 aromatic carbocycles. The second-order valence-electron chi connectivity index (χ2n) is 5.78. The van der Waals surface area contributed by atoms with Gasteiger partial charge in [-0.2, -0.15) is 0 Å². The number of nitrogens with zero attached hydrogens (tertiary/aromatic N) is 2. The highest BCUT2D eigenvalue weighted by Crippen LogP contribution is 2.16. The molecule has 4 nitrogen and oxygen atoms in total. The number of carbonyl (C=O) groups excluding carboxylic acids is 1. The summed E-state index contributed by atoms with van der Waals surface area (Å²) >= 11 is 1.51. The summed E-state index contributed by atoms with van der Waals surface area (Å²) in [4.78, 5) is 18.5. The molecule has 0 saturated heterocycles. The van der Waals surface area contributed by atoms with Gasteiger partial charge in [0.1, 0.15) is 5.82 Å². The summed E-state index contributed by atoms with van der Waals surface area (Å²) in [6.07, 6.45) is 2.95. The number of rotatable bonds is 5. The first-order chi connectivity index (χ1) is 11.6. The molecule has 0 aliphatic carbocycles. The van der Waals surface area contributed by atoms with Gasteiger partial charge in [-0.05, 0) is 43.7 Å².